The maximum absolute atomic E-state index is 10.5. The average Bonchev–Trinajstić information content (AvgIpc) is 2.26. The van der Waals surface area contributed by atoms with Gasteiger partial charge in [-0.3, -0.25) is 0 Å². The van der Waals surface area contributed by atoms with E-state index >= 15 is 0 Å². The first-order chi connectivity index (χ1) is 8.32. The topological polar surface area (TPSA) is 58.9 Å². The lowest BCUT2D eigenvalue weighted by Crippen LogP contribution is -2.13. The molecule has 0 aliphatic carbocycles. The minimum atomic E-state index is -0.127. The van der Waals surface area contributed by atoms with Crippen molar-refractivity contribution in [3.05, 3.63) is 22.8 Å². The van der Waals surface area contributed by atoms with Crippen LogP contribution in [0.2, 0.25) is 0 Å². The summed E-state index contributed by atoms with van der Waals surface area (Å²) >= 11 is 0. The van der Waals surface area contributed by atoms with Crippen LogP contribution >= 0.6 is 0 Å². The number of hydrogen-bond donors (Lipinski definition) is 0. The second kappa shape index (κ2) is 5.09. The number of nitrogens with zero attached hydrogens (tertiary/aromatic N) is 2. The Kier molecular flexibility index (Phi) is 3.97. The highest BCUT2D eigenvalue weighted by molar-refractivity contribution is 5.71. The second-order valence-electron chi connectivity index (χ2n) is 5.20. The van der Waals surface area contributed by atoms with Gasteiger partial charge in [-0.1, -0.05) is 20.8 Å². The van der Waals surface area contributed by atoms with E-state index in [-0.39, 0.29) is 5.41 Å². The van der Waals surface area contributed by atoms with Crippen molar-refractivity contribution in [2.75, 3.05) is 0 Å². The lowest BCUT2D eigenvalue weighted by atomic mass is 9.82. The Morgan fingerprint density at radius 1 is 1.00 bits per heavy atom. The van der Waals surface area contributed by atoms with Gasteiger partial charge in [-0.15, -0.1) is 0 Å². The van der Waals surface area contributed by atoms with Gasteiger partial charge in [-0.25, -0.2) is 9.59 Å². The predicted molar refractivity (Wildman–Crippen MR) is 70.2 cm³/mol. The normalized spacial score (nSPS) is 10.5. The van der Waals surface area contributed by atoms with Crippen LogP contribution in [0.5, 0.6) is 0 Å². The maximum atomic E-state index is 10.5. The Labute approximate surface area is 106 Å². The van der Waals surface area contributed by atoms with E-state index in [1.54, 1.807) is 13.0 Å². The summed E-state index contributed by atoms with van der Waals surface area (Å²) in [6.45, 7) is 9.82. The lowest BCUT2D eigenvalue weighted by Gasteiger charge is -2.23. The van der Waals surface area contributed by atoms with Gasteiger partial charge in [0, 0.05) is 5.56 Å². The molecule has 4 heteroatoms. The summed E-state index contributed by atoms with van der Waals surface area (Å²) in [6, 6.07) is 1.85. The molecule has 94 valence electrons. The standard InChI is InChI=1S/C14H16N2O2/c1-9-11(14(3,4)5)6-12(15-7-17)10(2)13(9)16-8-18/h6H,1-5H3. The molecule has 0 fully saturated rings. The van der Waals surface area contributed by atoms with E-state index in [9.17, 15) is 9.59 Å². The summed E-state index contributed by atoms with van der Waals surface area (Å²) in [5, 5.41) is 0. The Morgan fingerprint density at radius 3 is 2.00 bits per heavy atom. The first-order valence-corrected chi connectivity index (χ1v) is 5.63. The molecule has 0 saturated heterocycles. The molecule has 1 aromatic carbocycles. The Balaban J connectivity index is 3.76. The monoisotopic (exact) mass is 244 g/mol. The molecule has 18 heavy (non-hydrogen) atoms. The molecule has 1 rings (SSSR count). The Morgan fingerprint density at radius 2 is 1.56 bits per heavy atom. The molecular weight excluding hydrogens is 228 g/mol. The quantitative estimate of drug-likeness (QED) is 0.590. The molecule has 0 aliphatic rings. The van der Waals surface area contributed by atoms with Crippen LogP contribution in [0.4, 0.5) is 11.4 Å². The molecule has 0 atom stereocenters. The van der Waals surface area contributed by atoms with E-state index in [1.807, 2.05) is 33.8 Å². The molecule has 0 bridgehead atoms. The molecule has 0 aliphatic heterocycles. The molecular formula is C14H16N2O2. The molecule has 0 saturated carbocycles. The maximum Gasteiger partial charge on any atom is 0.240 e. The van der Waals surface area contributed by atoms with Crippen molar-refractivity contribution in [3.63, 3.8) is 0 Å². The van der Waals surface area contributed by atoms with Gasteiger partial charge in [0.1, 0.15) is 0 Å². The molecule has 0 aromatic heterocycles. The van der Waals surface area contributed by atoms with E-state index < -0.39 is 0 Å². The number of carbonyl (C=O) groups excluding carboxylic acids is 2. The van der Waals surface area contributed by atoms with Crippen LogP contribution in [0.15, 0.2) is 16.1 Å². The van der Waals surface area contributed by atoms with E-state index in [1.165, 1.54) is 6.08 Å². The summed E-state index contributed by atoms with van der Waals surface area (Å²) in [6.07, 6.45) is 3.08. The van der Waals surface area contributed by atoms with Gasteiger partial charge in [0.05, 0.1) is 11.4 Å². The third-order valence-electron chi connectivity index (χ3n) is 2.91. The zero-order valence-electron chi connectivity index (χ0n) is 11.3. The first-order valence-electron chi connectivity index (χ1n) is 5.63. The van der Waals surface area contributed by atoms with Crippen molar-refractivity contribution in [1.82, 2.24) is 0 Å². The highest BCUT2D eigenvalue weighted by Crippen LogP contribution is 2.38. The van der Waals surface area contributed by atoms with Crippen molar-refractivity contribution in [3.8, 4) is 0 Å². The highest BCUT2D eigenvalue weighted by Gasteiger charge is 2.21. The minimum absolute atomic E-state index is 0.127. The van der Waals surface area contributed by atoms with Gasteiger partial charge in [-0.05, 0) is 36.5 Å². The van der Waals surface area contributed by atoms with Crippen LogP contribution in [-0.2, 0) is 15.0 Å². The Bertz CT molecular complexity index is 570. The van der Waals surface area contributed by atoms with E-state index in [0.717, 1.165) is 11.1 Å². The van der Waals surface area contributed by atoms with Crippen LogP contribution in [0, 0.1) is 13.8 Å². The smallest absolute Gasteiger partial charge is 0.211 e. The van der Waals surface area contributed by atoms with Crippen LogP contribution < -0.4 is 0 Å². The third kappa shape index (κ3) is 2.62. The predicted octanol–water partition coefficient (Wildman–Crippen LogP) is 3.54. The third-order valence-corrected chi connectivity index (χ3v) is 2.91. The summed E-state index contributed by atoms with van der Waals surface area (Å²) in [7, 11) is 0. The van der Waals surface area contributed by atoms with Gasteiger partial charge < -0.3 is 0 Å². The van der Waals surface area contributed by atoms with Gasteiger partial charge in [0.2, 0.25) is 12.2 Å². The zero-order chi connectivity index (χ0) is 13.9. The van der Waals surface area contributed by atoms with Crippen LogP contribution in [0.3, 0.4) is 0 Å². The first kappa shape index (κ1) is 14.0. The second-order valence-corrected chi connectivity index (χ2v) is 5.20. The summed E-state index contributed by atoms with van der Waals surface area (Å²) < 4.78 is 0. The molecule has 0 amide bonds. The molecule has 0 N–H and O–H groups in total. The summed E-state index contributed by atoms with van der Waals surface area (Å²) in [5.41, 5.74) is 3.50. The number of hydrogen-bond acceptors (Lipinski definition) is 4. The zero-order valence-corrected chi connectivity index (χ0v) is 11.3. The molecule has 0 unspecified atom stereocenters. The summed E-state index contributed by atoms with van der Waals surface area (Å²) in [5.74, 6) is 0. The fourth-order valence-corrected chi connectivity index (χ4v) is 2.04. The number of benzene rings is 1. The number of aliphatic imine (C=N–C) groups is 2. The minimum Gasteiger partial charge on any atom is -0.211 e. The van der Waals surface area contributed by atoms with Gasteiger partial charge >= 0.3 is 0 Å². The molecule has 4 nitrogen and oxygen atoms in total. The molecule has 0 radical (unpaired) electrons. The van der Waals surface area contributed by atoms with Crippen molar-refractivity contribution in [2.24, 2.45) is 9.98 Å². The van der Waals surface area contributed by atoms with Gasteiger partial charge in [0.15, 0.2) is 0 Å². The van der Waals surface area contributed by atoms with Crippen molar-refractivity contribution < 1.29 is 9.59 Å². The fraction of sp³-hybridized carbons (Fsp3) is 0.429. The van der Waals surface area contributed by atoms with Crippen LogP contribution in [-0.4, -0.2) is 12.2 Å². The van der Waals surface area contributed by atoms with Gasteiger partial charge in [0.25, 0.3) is 0 Å². The number of isocyanates is 2. The largest absolute Gasteiger partial charge is 0.240 e. The van der Waals surface area contributed by atoms with Crippen LogP contribution in [0.1, 0.15) is 37.5 Å². The average molecular weight is 244 g/mol. The summed E-state index contributed by atoms with van der Waals surface area (Å²) in [4.78, 5) is 28.3. The molecule has 0 heterocycles. The SMILES string of the molecule is Cc1c(N=C=O)cc(C(C)(C)C)c(C)c1N=C=O. The van der Waals surface area contributed by atoms with Crippen LogP contribution in [0.25, 0.3) is 0 Å². The van der Waals surface area contributed by atoms with Crippen molar-refractivity contribution in [1.29, 1.82) is 0 Å². The van der Waals surface area contributed by atoms with E-state index in [4.69, 9.17) is 0 Å². The van der Waals surface area contributed by atoms with Gasteiger partial charge in [-0.2, -0.15) is 9.98 Å². The van der Waals surface area contributed by atoms with Crippen molar-refractivity contribution >= 4 is 23.5 Å². The van der Waals surface area contributed by atoms with E-state index in [0.29, 0.717) is 16.9 Å². The fourth-order valence-electron chi connectivity index (χ4n) is 2.04. The lowest BCUT2D eigenvalue weighted by molar-refractivity contribution is 0.564. The Hall–Kier alpha value is -2.02. The number of rotatable bonds is 2. The highest BCUT2D eigenvalue weighted by atomic mass is 16.1. The van der Waals surface area contributed by atoms with Crippen molar-refractivity contribution in [2.45, 2.75) is 40.0 Å². The molecule has 0 spiro atoms. The van der Waals surface area contributed by atoms with E-state index in [2.05, 4.69) is 9.98 Å². The molecule has 1 aromatic rings.